The molecule has 0 aliphatic carbocycles. The van der Waals surface area contributed by atoms with Crippen molar-refractivity contribution in [2.75, 3.05) is 17.1 Å². The van der Waals surface area contributed by atoms with E-state index in [1.807, 2.05) is 32.0 Å². The monoisotopic (exact) mass is 491 g/mol. The third-order valence-corrected chi connectivity index (χ3v) is 5.91. The molecule has 6 nitrogen and oxygen atoms in total. The molecule has 2 N–H and O–H groups in total. The fraction of sp³-hybridized carbons (Fsp3) is 0.143. The molecule has 0 fully saturated rings. The summed E-state index contributed by atoms with van der Waals surface area (Å²) >= 11 is 1.39. The maximum Gasteiger partial charge on any atom is 0.260 e. The van der Waals surface area contributed by atoms with Gasteiger partial charge in [0.05, 0.1) is 18.4 Å². The maximum atomic E-state index is 14.0. The van der Waals surface area contributed by atoms with Gasteiger partial charge in [-0.2, -0.15) is 4.39 Å². The minimum atomic E-state index is -1.66. The van der Waals surface area contributed by atoms with Crippen LogP contribution in [0.5, 0.6) is 5.75 Å². The highest BCUT2D eigenvalue weighted by atomic mass is 79.9. The lowest BCUT2D eigenvalue weighted by Gasteiger charge is -2.17. The summed E-state index contributed by atoms with van der Waals surface area (Å²) in [6.07, 6.45) is 0. The van der Waals surface area contributed by atoms with Gasteiger partial charge in [0.2, 0.25) is 10.8 Å². The summed E-state index contributed by atoms with van der Waals surface area (Å²) in [6.45, 7) is 3.84. The Balaban J connectivity index is 1.87. The molecule has 0 spiro atoms. The zero-order valence-electron chi connectivity index (χ0n) is 16.5. The van der Waals surface area contributed by atoms with Crippen molar-refractivity contribution in [1.29, 1.82) is 0 Å². The number of carbonyl (C=O) groups is 1. The standard InChI is InChI=1S/C21H19BrFN3O3S/c1-12-5-4-6-13(2)19(12)26-30(28)17-11-14(7-9-16(17)29-3)24-21(27)15-8-10-18(22)25-20(15)23/h4-11,26H,1-3H3,(H,24,27). The summed E-state index contributed by atoms with van der Waals surface area (Å²) in [4.78, 5) is 16.4. The SMILES string of the molecule is COc1ccc(NC(=O)c2ccc(Br)nc2F)cc1[S+]([O-])Nc1c(C)cccc1C. The number of amides is 1. The zero-order valence-corrected chi connectivity index (χ0v) is 18.9. The lowest BCUT2D eigenvalue weighted by molar-refractivity contribution is 0.102. The van der Waals surface area contributed by atoms with Crippen molar-refractivity contribution in [1.82, 2.24) is 4.98 Å². The Labute approximate surface area is 185 Å². The first-order valence-electron chi connectivity index (χ1n) is 8.86. The van der Waals surface area contributed by atoms with E-state index < -0.39 is 23.2 Å². The van der Waals surface area contributed by atoms with Gasteiger partial charge >= 0.3 is 0 Å². The Morgan fingerprint density at radius 1 is 1.17 bits per heavy atom. The van der Waals surface area contributed by atoms with Gasteiger partial charge in [-0.1, -0.05) is 18.2 Å². The van der Waals surface area contributed by atoms with Gasteiger partial charge in [0.1, 0.15) is 16.0 Å². The predicted molar refractivity (Wildman–Crippen MR) is 119 cm³/mol. The smallest absolute Gasteiger partial charge is 0.260 e. The van der Waals surface area contributed by atoms with Crippen LogP contribution in [-0.2, 0) is 11.4 Å². The molecule has 0 bridgehead atoms. The molecule has 9 heteroatoms. The number of halogens is 2. The fourth-order valence-corrected chi connectivity index (χ4v) is 4.28. The highest BCUT2D eigenvalue weighted by Crippen LogP contribution is 2.31. The van der Waals surface area contributed by atoms with E-state index in [9.17, 15) is 13.7 Å². The van der Waals surface area contributed by atoms with E-state index in [4.69, 9.17) is 4.74 Å². The number of hydrogen-bond acceptors (Lipinski definition) is 5. The normalized spacial score (nSPS) is 11.7. The summed E-state index contributed by atoms with van der Waals surface area (Å²) in [5, 5.41) is 2.60. The quantitative estimate of drug-likeness (QED) is 0.374. The molecule has 2 aromatic carbocycles. The van der Waals surface area contributed by atoms with E-state index in [0.717, 1.165) is 16.8 Å². The van der Waals surface area contributed by atoms with Crippen molar-refractivity contribution in [2.24, 2.45) is 0 Å². The van der Waals surface area contributed by atoms with Gasteiger partial charge in [0.25, 0.3) is 5.91 Å². The van der Waals surface area contributed by atoms with Crippen LogP contribution >= 0.6 is 15.9 Å². The number of anilines is 2. The molecule has 3 aromatic rings. The molecule has 1 atom stereocenters. The number of ether oxygens (including phenoxy) is 1. The molecule has 0 radical (unpaired) electrons. The number of nitrogens with one attached hydrogen (secondary N) is 2. The van der Waals surface area contributed by atoms with E-state index in [-0.39, 0.29) is 10.2 Å². The first kappa shape index (κ1) is 22.1. The number of aromatic nitrogens is 1. The Kier molecular flexibility index (Phi) is 6.96. The number of nitrogens with zero attached hydrogens (tertiary/aromatic N) is 1. The lowest BCUT2D eigenvalue weighted by atomic mass is 10.1. The number of hydrogen-bond donors (Lipinski definition) is 2. The summed E-state index contributed by atoms with van der Waals surface area (Å²) < 4.78 is 35.6. The average molecular weight is 492 g/mol. The molecule has 0 aliphatic heterocycles. The van der Waals surface area contributed by atoms with Crippen molar-refractivity contribution < 1.29 is 18.5 Å². The molecule has 1 heterocycles. The molecule has 3 rings (SSSR count). The summed E-state index contributed by atoms with van der Waals surface area (Å²) in [5.74, 6) is -1.17. The fourth-order valence-electron chi connectivity index (χ4n) is 2.80. The first-order chi connectivity index (χ1) is 14.3. The molecular weight excluding hydrogens is 473 g/mol. The van der Waals surface area contributed by atoms with Crippen LogP contribution in [0.25, 0.3) is 0 Å². The molecule has 0 aliphatic rings. The van der Waals surface area contributed by atoms with Crippen molar-refractivity contribution >= 4 is 44.6 Å². The van der Waals surface area contributed by atoms with E-state index in [0.29, 0.717) is 16.3 Å². The van der Waals surface area contributed by atoms with Crippen molar-refractivity contribution in [3.63, 3.8) is 0 Å². The Bertz CT molecular complexity index is 1080. The Hall–Kier alpha value is -2.62. The largest absolute Gasteiger partial charge is 0.588 e. The number of benzene rings is 2. The van der Waals surface area contributed by atoms with Gasteiger partial charge in [-0.15, -0.1) is 0 Å². The molecule has 1 unspecified atom stereocenters. The van der Waals surface area contributed by atoms with Gasteiger partial charge in [-0.05, 0) is 65.2 Å². The number of pyridine rings is 1. The minimum Gasteiger partial charge on any atom is -0.588 e. The molecule has 30 heavy (non-hydrogen) atoms. The highest BCUT2D eigenvalue weighted by Gasteiger charge is 2.22. The topological polar surface area (TPSA) is 86.3 Å². The van der Waals surface area contributed by atoms with E-state index in [1.54, 1.807) is 12.1 Å². The first-order valence-corrected chi connectivity index (χ1v) is 10.8. The van der Waals surface area contributed by atoms with Crippen LogP contribution in [0.15, 0.2) is 58.0 Å². The van der Waals surface area contributed by atoms with Gasteiger partial charge in [0.15, 0.2) is 5.75 Å². The Morgan fingerprint density at radius 2 is 1.87 bits per heavy atom. The lowest BCUT2D eigenvalue weighted by Crippen LogP contribution is -2.18. The Morgan fingerprint density at radius 3 is 2.50 bits per heavy atom. The van der Waals surface area contributed by atoms with Crippen LogP contribution in [0.2, 0.25) is 0 Å². The van der Waals surface area contributed by atoms with Gasteiger partial charge < -0.3 is 14.6 Å². The van der Waals surface area contributed by atoms with Crippen molar-refractivity contribution in [2.45, 2.75) is 18.7 Å². The number of methoxy groups -OCH3 is 1. The van der Waals surface area contributed by atoms with Gasteiger partial charge in [-0.25, -0.2) is 9.71 Å². The molecule has 0 saturated carbocycles. The van der Waals surface area contributed by atoms with Crippen LogP contribution in [0.4, 0.5) is 15.8 Å². The molecular formula is C21H19BrFN3O3S. The second-order valence-corrected chi connectivity index (χ2v) is 8.42. The number of aryl methyl sites for hydroxylation is 2. The predicted octanol–water partition coefficient (Wildman–Crippen LogP) is 5.00. The van der Waals surface area contributed by atoms with Crippen LogP contribution in [0.1, 0.15) is 21.5 Å². The summed E-state index contributed by atoms with van der Waals surface area (Å²) in [5.41, 5.74) is 2.80. The average Bonchev–Trinajstić information content (AvgIpc) is 2.70. The third kappa shape index (κ3) is 4.92. The second kappa shape index (κ2) is 9.46. The van der Waals surface area contributed by atoms with Crippen molar-refractivity contribution in [3.8, 4) is 5.75 Å². The maximum absolute atomic E-state index is 14.0. The minimum absolute atomic E-state index is 0.203. The van der Waals surface area contributed by atoms with Crippen molar-refractivity contribution in [3.05, 3.63) is 75.8 Å². The third-order valence-electron chi connectivity index (χ3n) is 4.36. The van der Waals surface area contributed by atoms with E-state index >= 15 is 0 Å². The zero-order chi connectivity index (χ0) is 21.8. The van der Waals surface area contributed by atoms with Gasteiger partial charge in [0, 0.05) is 11.8 Å². The second-order valence-electron chi connectivity index (χ2n) is 6.43. The number of carbonyl (C=O) groups excluding carboxylic acids is 1. The molecule has 1 aromatic heterocycles. The van der Waals surface area contributed by atoms with E-state index in [1.165, 1.54) is 25.3 Å². The van der Waals surface area contributed by atoms with Crippen LogP contribution in [0, 0.1) is 19.8 Å². The molecule has 156 valence electrons. The van der Waals surface area contributed by atoms with E-state index in [2.05, 4.69) is 31.0 Å². The molecule has 0 saturated heterocycles. The highest BCUT2D eigenvalue weighted by molar-refractivity contribution is 9.10. The summed E-state index contributed by atoms with van der Waals surface area (Å²) in [7, 11) is 1.47. The van der Waals surface area contributed by atoms with Crippen LogP contribution in [0.3, 0.4) is 0 Å². The molecule has 1 amide bonds. The van der Waals surface area contributed by atoms with Gasteiger partial charge in [-0.3, -0.25) is 4.79 Å². The number of para-hydroxylation sites is 1. The summed E-state index contributed by atoms with van der Waals surface area (Å²) in [6, 6.07) is 13.3. The number of rotatable bonds is 6. The van der Waals surface area contributed by atoms with Crippen LogP contribution in [-0.4, -0.2) is 22.6 Å². The van der Waals surface area contributed by atoms with Crippen LogP contribution < -0.4 is 14.8 Å².